The first-order valence-corrected chi connectivity index (χ1v) is 5.00. The Balaban J connectivity index is 2.93. The Hall–Kier alpha value is -1.00. The molecule has 1 aromatic carbocycles. The highest BCUT2D eigenvalue weighted by Gasteiger charge is 2.02. The second-order valence-corrected chi connectivity index (χ2v) is 3.97. The van der Waals surface area contributed by atoms with Crippen LogP contribution in [0.4, 0.5) is 0 Å². The summed E-state index contributed by atoms with van der Waals surface area (Å²) in [5.41, 5.74) is 0.636. The first kappa shape index (κ1) is 10.1. The highest BCUT2D eigenvalue weighted by Crippen LogP contribution is 2.07. The number of nitrogens with one attached hydrogen (secondary N) is 1. The second-order valence-electron chi connectivity index (χ2n) is 2.55. The number of Topliss-reactive ketones (excluding diaryl/α,β-unsaturated/α-hetero) is 1. The van der Waals surface area contributed by atoms with Crippen LogP contribution in [-0.2, 0) is 11.0 Å². The number of carbonyl (C=O) groups is 1. The van der Waals surface area contributed by atoms with Crippen LogP contribution in [0.1, 0.15) is 17.3 Å². The van der Waals surface area contributed by atoms with Gasteiger partial charge in [-0.05, 0) is 26.1 Å². The summed E-state index contributed by atoms with van der Waals surface area (Å²) in [6.45, 7) is 1.50. The summed E-state index contributed by atoms with van der Waals surface area (Å²) >= 11 is 0. The first-order valence-electron chi connectivity index (χ1n) is 3.85. The lowest BCUT2D eigenvalue weighted by Gasteiger charge is -2.00. The third-order valence-corrected chi connectivity index (χ3v) is 2.73. The molecule has 0 amide bonds. The average molecular weight is 197 g/mol. The van der Waals surface area contributed by atoms with Crippen LogP contribution in [0.5, 0.6) is 0 Å². The molecule has 13 heavy (non-hydrogen) atoms. The summed E-state index contributed by atoms with van der Waals surface area (Å²) in [4.78, 5) is 11.6. The molecule has 4 heteroatoms. The van der Waals surface area contributed by atoms with Crippen molar-refractivity contribution < 1.29 is 9.00 Å². The minimum Gasteiger partial charge on any atom is -0.295 e. The lowest BCUT2D eigenvalue weighted by molar-refractivity contribution is 0.101. The highest BCUT2D eigenvalue weighted by atomic mass is 32.2. The molecular formula is C9H11NO2S. The molecule has 1 rings (SSSR count). The molecule has 0 saturated heterocycles. The maximum atomic E-state index is 11.2. The van der Waals surface area contributed by atoms with Gasteiger partial charge >= 0.3 is 0 Å². The van der Waals surface area contributed by atoms with Gasteiger partial charge in [-0.15, -0.1) is 0 Å². The SMILES string of the molecule is CNS(=O)c1ccc(C(C)=O)cc1. The summed E-state index contributed by atoms with van der Waals surface area (Å²) in [5, 5.41) is 0. The number of hydrogen-bond donors (Lipinski definition) is 1. The quantitative estimate of drug-likeness (QED) is 0.738. The Labute approximate surface area is 79.7 Å². The van der Waals surface area contributed by atoms with Crippen molar-refractivity contribution in [2.75, 3.05) is 7.05 Å². The molecule has 0 radical (unpaired) electrons. The van der Waals surface area contributed by atoms with Crippen LogP contribution in [0.3, 0.4) is 0 Å². The normalized spacial score (nSPS) is 12.5. The van der Waals surface area contributed by atoms with Crippen LogP contribution in [0.2, 0.25) is 0 Å². The van der Waals surface area contributed by atoms with Gasteiger partial charge < -0.3 is 0 Å². The molecule has 3 nitrogen and oxygen atoms in total. The van der Waals surface area contributed by atoms with E-state index in [1.165, 1.54) is 6.92 Å². The molecule has 70 valence electrons. The Morgan fingerprint density at radius 1 is 1.31 bits per heavy atom. The number of rotatable bonds is 3. The van der Waals surface area contributed by atoms with Gasteiger partial charge in [0.1, 0.15) is 11.0 Å². The Kier molecular flexibility index (Phi) is 3.33. The average Bonchev–Trinajstić information content (AvgIpc) is 2.17. The van der Waals surface area contributed by atoms with Crippen molar-refractivity contribution in [2.45, 2.75) is 11.8 Å². The molecular weight excluding hydrogens is 186 g/mol. The van der Waals surface area contributed by atoms with Crippen molar-refractivity contribution >= 4 is 16.8 Å². The molecule has 0 aliphatic rings. The van der Waals surface area contributed by atoms with E-state index in [9.17, 15) is 9.00 Å². The van der Waals surface area contributed by atoms with Crippen molar-refractivity contribution in [1.82, 2.24) is 4.72 Å². The zero-order valence-corrected chi connectivity index (χ0v) is 8.35. The van der Waals surface area contributed by atoms with Crippen LogP contribution in [0.25, 0.3) is 0 Å². The molecule has 0 spiro atoms. The molecule has 1 N–H and O–H groups in total. The van der Waals surface area contributed by atoms with E-state index >= 15 is 0 Å². The molecule has 0 aromatic heterocycles. The van der Waals surface area contributed by atoms with Gasteiger partial charge in [0.15, 0.2) is 5.78 Å². The summed E-state index contributed by atoms with van der Waals surface area (Å²) in [6.07, 6.45) is 0. The Bertz CT molecular complexity index is 332. The maximum absolute atomic E-state index is 11.2. The van der Waals surface area contributed by atoms with E-state index in [1.807, 2.05) is 0 Å². The zero-order chi connectivity index (χ0) is 9.84. The van der Waals surface area contributed by atoms with E-state index in [0.29, 0.717) is 10.5 Å². The van der Waals surface area contributed by atoms with Gasteiger partial charge in [-0.1, -0.05) is 12.1 Å². The monoisotopic (exact) mass is 197 g/mol. The van der Waals surface area contributed by atoms with Gasteiger partial charge in [0, 0.05) is 5.56 Å². The van der Waals surface area contributed by atoms with Gasteiger partial charge in [-0.2, -0.15) is 0 Å². The summed E-state index contributed by atoms with van der Waals surface area (Å²) in [6, 6.07) is 6.71. The fourth-order valence-corrected chi connectivity index (χ4v) is 1.55. The van der Waals surface area contributed by atoms with Crippen molar-refractivity contribution in [3.63, 3.8) is 0 Å². The van der Waals surface area contributed by atoms with Gasteiger partial charge in [-0.3, -0.25) is 4.79 Å². The zero-order valence-electron chi connectivity index (χ0n) is 7.53. The highest BCUT2D eigenvalue weighted by molar-refractivity contribution is 7.83. The molecule has 1 aromatic rings. The largest absolute Gasteiger partial charge is 0.295 e. The second kappa shape index (κ2) is 4.30. The lowest BCUT2D eigenvalue weighted by Crippen LogP contribution is -2.10. The van der Waals surface area contributed by atoms with Gasteiger partial charge in [-0.25, -0.2) is 8.93 Å². The molecule has 1 atom stereocenters. The minimum atomic E-state index is -1.17. The third kappa shape index (κ3) is 2.47. The number of benzene rings is 1. The number of ketones is 1. The van der Waals surface area contributed by atoms with Crippen LogP contribution < -0.4 is 4.72 Å². The number of hydrogen-bond acceptors (Lipinski definition) is 2. The van der Waals surface area contributed by atoms with Gasteiger partial charge in [0.05, 0.1) is 4.90 Å². The van der Waals surface area contributed by atoms with Crippen LogP contribution in [0.15, 0.2) is 29.2 Å². The van der Waals surface area contributed by atoms with E-state index < -0.39 is 11.0 Å². The fourth-order valence-electron chi connectivity index (χ4n) is 0.931. The Morgan fingerprint density at radius 2 is 1.85 bits per heavy atom. The molecule has 0 fully saturated rings. The fraction of sp³-hybridized carbons (Fsp3) is 0.222. The van der Waals surface area contributed by atoms with Crippen molar-refractivity contribution in [3.8, 4) is 0 Å². The molecule has 0 aliphatic heterocycles. The standard InChI is InChI=1S/C9H11NO2S/c1-7(11)8-3-5-9(6-4-8)13(12)10-2/h3-6,10H,1-2H3. The lowest BCUT2D eigenvalue weighted by atomic mass is 10.2. The summed E-state index contributed by atoms with van der Waals surface area (Å²) in [7, 11) is 0.447. The van der Waals surface area contributed by atoms with Crippen molar-refractivity contribution in [2.24, 2.45) is 0 Å². The van der Waals surface area contributed by atoms with E-state index in [1.54, 1.807) is 31.3 Å². The molecule has 0 bridgehead atoms. The van der Waals surface area contributed by atoms with Gasteiger partial charge in [0.2, 0.25) is 0 Å². The first-order chi connectivity index (χ1) is 6.15. The maximum Gasteiger partial charge on any atom is 0.159 e. The van der Waals surface area contributed by atoms with E-state index in [-0.39, 0.29) is 5.78 Å². The molecule has 0 heterocycles. The topological polar surface area (TPSA) is 46.2 Å². The predicted octanol–water partition coefficient (Wildman–Crippen LogP) is 1.13. The molecule has 1 unspecified atom stereocenters. The van der Waals surface area contributed by atoms with Gasteiger partial charge in [0.25, 0.3) is 0 Å². The minimum absolute atomic E-state index is 0.0155. The summed E-state index contributed by atoms with van der Waals surface area (Å²) in [5.74, 6) is 0.0155. The van der Waals surface area contributed by atoms with E-state index in [0.717, 1.165) is 0 Å². The van der Waals surface area contributed by atoms with Crippen molar-refractivity contribution in [1.29, 1.82) is 0 Å². The smallest absolute Gasteiger partial charge is 0.159 e. The summed E-state index contributed by atoms with van der Waals surface area (Å²) < 4.78 is 13.8. The predicted molar refractivity (Wildman–Crippen MR) is 51.9 cm³/mol. The van der Waals surface area contributed by atoms with E-state index in [4.69, 9.17) is 0 Å². The van der Waals surface area contributed by atoms with E-state index in [2.05, 4.69) is 4.72 Å². The van der Waals surface area contributed by atoms with Crippen LogP contribution in [0, 0.1) is 0 Å². The molecule has 0 saturated carbocycles. The third-order valence-electron chi connectivity index (χ3n) is 1.66. The van der Waals surface area contributed by atoms with Crippen LogP contribution >= 0.6 is 0 Å². The van der Waals surface area contributed by atoms with Crippen molar-refractivity contribution in [3.05, 3.63) is 29.8 Å². The molecule has 0 aliphatic carbocycles. The van der Waals surface area contributed by atoms with Crippen LogP contribution in [-0.4, -0.2) is 17.0 Å². The Morgan fingerprint density at radius 3 is 2.23 bits per heavy atom. The number of carbonyl (C=O) groups excluding carboxylic acids is 1.